The van der Waals surface area contributed by atoms with Crippen LogP contribution in [0.2, 0.25) is 5.02 Å². The van der Waals surface area contributed by atoms with Crippen LogP contribution in [0.3, 0.4) is 0 Å². The van der Waals surface area contributed by atoms with Crippen molar-refractivity contribution < 1.29 is 8.42 Å². The Kier molecular flexibility index (Phi) is 7.51. The van der Waals surface area contributed by atoms with E-state index in [0.717, 1.165) is 11.8 Å². The lowest BCUT2D eigenvalue weighted by molar-refractivity contribution is 0.464. The van der Waals surface area contributed by atoms with Gasteiger partial charge in [0.1, 0.15) is 0 Å². The van der Waals surface area contributed by atoms with Crippen LogP contribution in [0.15, 0.2) is 29.3 Å². The minimum absolute atomic E-state index is 0.0334. The molecule has 0 aliphatic rings. The molecule has 0 saturated carbocycles. The van der Waals surface area contributed by atoms with Gasteiger partial charge in [-0.25, -0.2) is 13.1 Å². The van der Waals surface area contributed by atoms with Crippen molar-refractivity contribution in [1.82, 2.24) is 15.4 Å². The molecule has 24 heavy (non-hydrogen) atoms. The van der Waals surface area contributed by atoms with E-state index in [1.807, 2.05) is 38.1 Å². The molecule has 3 N–H and O–H groups in total. The highest BCUT2D eigenvalue weighted by Crippen LogP contribution is 2.16. The van der Waals surface area contributed by atoms with Crippen LogP contribution in [-0.4, -0.2) is 39.3 Å². The monoisotopic (exact) mass is 374 g/mol. The minimum Gasteiger partial charge on any atom is -0.357 e. The van der Waals surface area contributed by atoms with Gasteiger partial charge in [0.2, 0.25) is 10.0 Å². The Balaban J connectivity index is 2.80. The first-order valence-corrected chi connectivity index (χ1v) is 10.1. The first-order valence-electron chi connectivity index (χ1n) is 7.81. The van der Waals surface area contributed by atoms with Gasteiger partial charge < -0.3 is 10.6 Å². The summed E-state index contributed by atoms with van der Waals surface area (Å²) in [6.07, 6.45) is 1.14. The van der Waals surface area contributed by atoms with Crippen molar-refractivity contribution in [2.24, 2.45) is 4.99 Å². The van der Waals surface area contributed by atoms with Gasteiger partial charge in [0.05, 0.1) is 18.8 Å². The van der Waals surface area contributed by atoms with Crippen LogP contribution in [0.4, 0.5) is 0 Å². The predicted molar refractivity (Wildman–Crippen MR) is 101 cm³/mol. The minimum atomic E-state index is -3.28. The summed E-state index contributed by atoms with van der Waals surface area (Å²) in [5.74, 6) is 0.628. The number of nitrogens with one attached hydrogen (secondary N) is 3. The Labute approximate surface area is 150 Å². The van der Waals surface area contributed by atoms with Gasteiger partial charge >= 0.3 is 0 Å². The predicted octanol–water partition coefficient (Wildman–Crippen LogP) is 2.28. The van der Waals surface area contributed by atoms with Crippen LogP contribution < -0.4 is 15.4 Å². The maximum atomic E-state index is 11.4. The Morgan fingerprint density at radius 2 is 1.88 bits per heavy atom. The number of halogens is 1. The summed E-state index contributed by atoms with van der Waals surface area (Å²) < 4.78 is 25.4. The van der Waals surface area contributed by atoms with E-state index in [1.165, 1.54) is 0 Å². The number of hydrogen-bond donors (Lipinski definition) is 3. The topological polar surface area (TPSA) is 82.6 Å². The summed E-state index contributed by atoms with van der Waals surface area (Å²) in [5, 5.41) is 7.17. The van der Waals surface area contributed by atoms with Gasteiger partial charge in [-0.2, -0.15) is 0 Å². The van der Waals surface area contributed by atoms with E-state index in [-0.39, 0.29) is 6.04 Å². The van der Waals surface area contributed by atoms with Crippen molar-refractivity contribution in [2.75, 3.05) is 19.3 Å². The fourth-order valence-corrected chi connectivity index (χ4v) is 3.37. The van der Waals surface area contributed by atoms with Crippen LogP contribution in [0.5, 0.6) is 0 Å². The third-order valence-electron chi connectivity index (χ3n) is 3.16. The number of hydrogen-bond acceptors (Lipinski definition) is 3. The molecule has 0 spiro atoms. The van der Waals surface area contributed by atoms with E-state index < -0.39 is 15.6 Å². The Bertz CT molecular complexity index is 657. The Hall–Kier alpha value is -1.31. The highest BCUT2D eigenvalue weighted by Gasteiger charge is 2.22. The van der Waals surface area contributed by atoms with Crippen molar-refractivity contribution >= 4 is 27.6 Å². The van der Waals surface area contributed by atoms with Gasteiger partial charge in [-0.3, -0.25) is 4.99 Å². The number of benzene rings is 1. The molecule has 0 bridgehead atoms. The number of aliphatic imine (C=N–C) groups is 1. The normalized spacial score (nSPS) is 14.3. The quantitative estimate of drug-likeness (QED) is 0.505. The molecular formula is C16H27ClN4O2S. The summed E-state index contributed by atoms with van der Waals surface area (Å²) in [6, 6.07) is 7.64. The third kappa shape index (κ3) is 7.99. The van der Waals surface area contributed by atoms with Gasteiger partial charge in [-0.1, -0.05) is 23.7 Å². The van der Waals surface area contributed by atoms with Gasteiger partial charge in [-0.05, 0) is 45.4 Å². The van der Waals surface area contributed by atoms with Crippen LogP contribution in [-0.2, 0) is 10.0 Å². The average Bonchev–Trinajstić information content (AvgIpc) is 2.43. The molecule has 0 fully saturated rings. The summed E-state index contributed by atoms with van der Waals surface area (Å²) >= 11 is 5.91. The van der Waals surface area contributed by atoms with Crippen LogP contribution in [0, 0.1) is 0 Å². The second-order valence-corrected chi connectivity index (χ2v) is 8.56. The molecule has 0 aromatic heterocycles. The summed E-state index contributed by atoms with van der Waals surface area (Å²) in [5.41, 5.74) is 0.415. The maximum Gasteiger partial charge on any atom is 0.209 e. The van der Waals surface area contributed by atoms with Crippen molar-refractivity contribution in [2.45, 2.75) is 39.3 Å². The fourth-order valence-electron chi connectivity index (χ4n) is 2.17. The Morgan fingerprint density at radius 3 is 2.38 bits per heavy atom. The van der Waals surface area contributed by atoms with E-state index in [9.17, 15) is 8.42 Å². The smallest absolute Gasteiger partial charge is 0.209 e. The lowest BCUT2D eigenvalue weighted by Gasteiger charge is -2.24. The van der Waals surface area contributed by atoms with Crippen LogP contribution in [0.1, 0.15) is 39.3 Å². The largest absolute Gasteiger partial charge is 0.357 e. The molecular weight excluding hydrogens is 348 g/mol. The van der Waals surface area contributed by atoms with Crippen molar-refractivity contribution in [3.8, 4) is 0 Å². The zero-order valence-electron chi connectivity index (χ0n) is 14.9. The van der Waals surface area contributed by atoms with E-state index in [2.05, 4.69) is 20.3 Å². The SMILES string of the molecule is CCNC(=NCC(C)(C)NS(C)(=O)=O)NC(C)c1ccc(Cl)cc1. The number of sulfonamides is 1. The molecule has 0 saturated heterocycles. The van der Waals surface area contributed by atoms with Crippen LogP contribution in [0.25, 0.3) is 0 Å². The first-order chi connectivity index (χ1) is 11.0. The number of rotatable bonds is 7. The molecule has 1 aromatic carbocycles. The van der Waals surface area contributed by atoms with Gasteiger partial charge in [0.25, 0.3) is 0 Å². The van der Waals surface area contributed by atoms with Crippen molar-refractivity contribution in [3.05, 3.63) is 34.9 Å². The average molecular weight is 375 g/mol. The zero-order valence-corrected chi connectivity index (χ0v) is 16.4. The summed E-state index contributed by atoms with van der Waals surface area (Å²) in [4.78, 5) is 4.49. The molecule has 1 atom stereocenters. The van der Waals surface area contributed by atoms with E-state index in [1.54, 1.807) is 13.8 Å². The lowest BCUT2D eigenvalue weighted by atomic mass is 10.1. The molecule has 0 aliphatic heterocycles. The Morgan fingerprint density at radius 1 is 1.29 bits per heavy atom. The van der Waals surface area contributed by atoms with Crippen LogP contribution >= 0.6 is 11.6 Å². The first kappa shape index (κ1) is 20.7. The highest BCUT2D eigenvalue weighted by atomic mass is 35.5. The molecule has 8 heteroatoms. The van der Waals surface area contributed by atoms with E-state index in [0.29, 0.717) is 24.1 Å². The molecule has 1 aromatic rings. The molecule has 6 nitrogen and oxygen atoms in total. The second-order valence-electron chi connectivity index (χ2n) is 6.37. The highest BCUT2D eigenvalue weighted by molar-refractivity contribution is 7.88. The fraction of sp³-hybridized carbons (Fsp3) is 0.562. The third-order valence-corrected chi connectivity index (χ3v) is 4.34. The van der Waals surface area contributed by atoms with E-state index >= 15 is 0 Å². The molecule has 0 radical (unpaired) electrons. The van der Waals surface area contributed by atoms with Crippen molar-refractivity contribution in [3.63, 3.8) is 0 Å². The molecule has 1 rings (SSSR count). The lowest BCUT2D eigenvalue weighted by Crippen LogP contribution is -2.47. The van der Waals surface area contributed by atoms with E-state index in [4.69, 9.17) is 11.6 Å². The number of guanidine groups is 1. The molecule has 0 heterocycles. The zero-order chi connectivity index (χ0) is 18.4. The van der Waals surface area contributed by atoms with Gasteiger partial charge in [0.15, 0.2) is 5.96 Å². The molecule has 136 valence electrons. The maximum absolute atomic E-state index is 11.4. The second kappa shape index (κ2) is 8.69. The standard InChI is InChI=1S/C16H27ClN4O2S/c1-6-18-15(19-11-16(3,4)21-24(5,22)23)20-12(2)13-7-9-14(17)10-8-13/h7-10,12,21H,6,11H2,1-5H3,(H2,18,19,20). The summed E-state index contributed by atoms with van der Waals surface area (Å²) in [7, 11) is -3.28. The number of nitrogens with zero attached hydrogens (tertiary/aromatic N) is 1. The van der Waals surface area contributed by atoms with Crippen molar-refractivity contribution in [1.29, 1.82) is 0 Å². The molecule has 0 amide bonds. The summed E-state index contributed by atoms with van der Waals surface area (Å²) in [6.45, 7) is 8.61. The van der Waals surface area contributed by atoms with Gasteiger partial charge in [0, 0.05) is 17.1 Å². The van der Waals surface area contributed by atoms with Gasteiger partial charge in [-0.15, -0.1) is 0 Å². The molecule has 0 aliphatic carbocycles. The molecule has 1 unspecified atom stereocenters.